The van der Waals surface area contributed by atoms with Gasteiger partial charge in [-0.2, -0.15) is 0 Å². The molecule has 0 N–H and O–H groups in total. The molecule has 16 heavy (non-hydrogen) atoms. The fourth-order valence-corrected chi connectivity index (χ4v) is 2.99. The van der Waals surface area contributed by atoms with Crippen LogP contribution in [-0.2, 0) is 0 Å². The topological polar surface area (TPSA) is 3.24 Å². The van der Waals surface area contributed by atoms with Crippen molar-refractivity contribution in [2.45, 2.75) is 71.8 Å². The van der Waals surface area contributed by atoms with Gasteiger partial charge >= 0.3 is 0 Å². The summed E-state index contributed by atoms with van der Waals surface area (Å²) in [6.07, 6.45) is 7.48. The third kappa shape index (κ3) is 5.05. The second kappa shape index (κ2) is 8.35. The molecular formula is C13H27NS2. The van der Waals surface area contributed by atoms with Crippen molar-refractivity contribution in [3.05, 3.63) is 0 Å². The molecule has 0 unspecified atom stereocenters. The molecule has 0 aromatic heterocycles. The molecule has 0 spiro atoms. The Balaban J connectivity index is 4.65. The highest BCUT2D eigenvalue weighted by Gasteiger charge is 2.30. The van der Waals surface area contributed by atoms with Crippen molar-refractivity contribution in [1.82, 2.24) is 4.90 Å². The van der Waals surface area contributed by atoms with Crippen molar-refractivity contribution >= 4 is 29.2 Å². The summed E-state index contributed by atoms with van der Waals surface area (Å²) in [5.74, 6) is 0. The molecule has 0 amide bonds. The first kappa shape index (κ1) is 16.2. The van der Waals surface area contributed by atoms with Gasteiger partial charge < -0.3 is 4.90 Å². The summed E-state index contributed by atoms with van der Waals surface area (Å²) in [5.41, 5.74) is 0.208. The average molecular weight is 261 g/mol. The van der Waals surface area contributed by atoms with Crippen molar-refractivity contribution < 1.29 is 0 Å². The molecule has 0 aromatic carbocycles. The molecule has 0 saturated heterocycles. The van der Waals surface area contributed by atoms with E-state index in [4.69, 9.17) is 12.2 Å². The quantitative estimate of drug-likeness (QED) is 0.500. The van der Waals surface area contributed by atoms with E-state index >= 15 is 0 Å². The fraction of sp³-hybridized carbons (Fsp3) is 0.923. The zero-order chi connectivity index (χ0) is 12.6. The molecule has 0 radical (unpaired) electrons. The SMILES string of the molecule is CCCCC(C)(CCCC)N(CC)C(=S)S. The number of hydrogen-bond acceptors (Lipinski definition) is 1. The smallest absolute Gasteiger partial charge is 0.133 e. The summed E-state index contributed by atoms with van der Waals surface area (Å²) >= 11 is 9.62. The number of unbranched alkanes of at least 4 members (excludes halogenated alkanes) is 2. The molecule has 96 valence electrons. The molecular weight excluding hydrogens is 234 g/mol. The predicted octanol–water partition coefficient (Wildman–Crippen LogP) is 4.66. The van der Waals surface area contributed by atoms with E-state index in [1.54, 1.807) is 0 Å². The van der Waals surface area contributed by atoms with Crippen LogP contribution in [0, 0.1) is 0 Å². The molecule has 1 nitrogen and oxygen atoms in total. The van der Waals surface area contributed by atoms with Crippen LogP contribution in [0.1, 0.15) is 66.2 Å². The van der Waals surface area contributed by atoms with Crippen molar-refractivity contribution in [1.29, 1.82) is 0 Å². The van der Waals surface area contributed by atoms with E-state index in [1.807, 2.05) is 0 Å². The molecule has 0 aliphatic heterocycles. The minimum Gasteiger partial charge on any atom is -0.353 e. The summed E-state index contributed by atoms with van der Waals surface area (Å²) in [7, 11) is 0. The van der Waals surface area contributed by atoms with Gasteiger partial charge in [0, 0.05) is 12.1 Å². The van der Waals surface area contributed by atoms with Crippen LogP contribution in [0.15, 0.2) is 0 Å². The summed E-state index contributed by atoms with van der Waals surface area (Å²) in [5, 5.41) is 0. The van der Waals surface area contributed by atoms with E-state index in [1.165, 1.54) is 38.5 Å². The first-order valence-electron chi connectivity index (χ1n) is 6.52. The van der Waals surface area contributed by atoms with E-state index in [0.717, 1.165) is 10.9 Å². The Hall–Kier alpha value is 0.240. The van der Waals surface area contributed by atoms with Crippen LogP contribution < -0.4 is 0 Å². The highest BCUT2D eigenvalue weighted by atomic mass is 32.1. The Morgan fingerprint density at radius 3 is 1.81 bits per heavy atom. The van der Waals surface area contributed by atoms with E-state index in [9.17, 15) is 0 Å². The maximum Gasteiger partial charge on any atom is 0.133 e. The van der Waals surface area contributed by atoms with E-state index in [2.05, 4.69) is 45.2 Å². The Morgan fingerprint density at radius 2 is 1.56 bits per heavy atom. The van der Waals surface area contributed by atoms with Crippen molar-refractivity contribution in [2.75, 3.05) is 6.54 Å². The van der Waals surface area contributed by atoms with Crippen LogP contribution in [0.2, 0.25) is 0 Å². The largest absolute Gasteiger partial charge is 0.353 e. The number of rotatable bonds is 8. The molecule has 0 aliphatic carbocycles. The lowest BCUT2D eigenvalue weighted by Crippen LogP contribution is -2.47. The molecule has 0 aromatic rings. The number of thiocarbonyl (C=S) groups is 1. The lowest BCUT2D eigenvalue weighted by Gasteiger charge is -2.42. The van der Waals surface area contributed by atoms with Gasteiger partial charge in [0.2, 0.25) is 0 Å². The minimum atomic E-state index is 0.208. The number of nitrogens with zero attached hydrogens (tertiary/aromatic N) is 1. The Morgan fingerprint density at radius 1 is 1.12 bits per heavy atom. The molecule has 0 bridgehead atoms. The van der Waals surface area contributed by atoms with Gasteiger partial charge in [-0.15, -0.1) is 12.6 Å². The third-order valence-corrected chi connectivity index (χ3v) is 3.80. The van der Waals surface area contributed by atoms with E-state index < -0.39 is 0 Å². The van der Waals surface area contributed by atoms with Crippen molar-refractivity contribution in [3.63, 3.8) is 0 Å². The second-order valence-corrected chi connectivity index (χ2v) is 5.84. The number of thiol groups is 1. The average Bonchev–Trinajstić information content (AvgIpc) is 2.24. The van der Waals surface area contributed by atoms with Crippen LogP contribution >= 0.6 is 24.8 Å². The van der Waals surface area contributed by atoms with E-state index in [0.29, 0.717) is 0 Å². The van der Waals surface area contributed by atoms with Gasteiger partial charge in [-0.05, 0) is 26.7 Å². The first-order valence-corrected chi connectivity index (χ1v) is 7.38. The summed E-state index contributed by atoms with van der Waals surface area (Å²) in [6, 6.07) is 0. The summed E-state index contributed by atoms with van der Waals surface area (Å²) in [4.78, 5) is 2.29. The monoisotopic (exact) mass is 261 g/mol. The van der Waals surface area contributed by atoms with Crippen molar-refractivity contribution in [2.24, 2.45) is 0 Å². The molecule has 0 atom stereocenters. The van der Waals surface area contributed by atoms with Gasteiger partial charge in [-0.1, -0.05) is 51.7 Å². The first-order chi connectivity index (χ1) is 7.51. The minimum absolute atomic E-state index is 0.208. The van der Waals surface area contributed by atoms with Crippen LogP contribution in [0.25, 0.3) is 0 Å². The van der Waals surface area contributed by atoms with E-state index in [-0.39, 0.29) is 5.54 Å². The molecule has 3 heteroatoms. The number of hydrogen-bond donors (Lipinski definition) is 1. The highest BCUT2D eigenvalue weighted by molar-refractivity contribution is 8.10. The maximum atomic E-state index is 5.26. The summed E-state index contributed by atoms with van der Waals surface area (Å²) < 4.78 is 0.747. The van der Waals surface area contributed by atoms with Gasteiger partial charge in [-0.25, -0.2) is 0 Å². The zero-order valence-electron chi connectivity index (χ0n) is 11.3. The third-order valence-electron chi connectivity index (χ3n) is 3.34. The van der Waals surface area contributed by atoms with Crippen molar-refractivity contribution in [3.8, 4) is 0 Å². The highest BCUT2D eigenvalue weighted by Crippen LogP contribution is 2.29. The van der Waals surface area contributed by atoms with Gasteiger partial charge in [0.25, 0.3) is 0 Å². The van der Waals surface area contributed by atoms with Gasteiger partial charge in [-0.3, -0.25) is 0 Å². The molecule has 0 fully saturated rings. The Bertz CT molecular complexity index is 196. The molecule has 0 rings (SSSR count). The molecule has 0 aliphatic rings. The van der Waals surface area contributed by atoms with Gasteiger partial charge in [0.15, 0.2) is 0 Å². The maximum absolute atomic E-state index is 5.26. The van der Waals surface area contributed by atoms with Crippen LogP contribution in [0.4, 0.5) is 0 Å². The molecule has 0 saturated carbocycles. The van der Waals surface area contributed by atoms with Gasteiger partial charge in [0.05, 0.1) is 0 Å². The normalized spacial score (nSPS) is 11.6. The standard InChI is InChI=1S/C13H27NS2/c1-5-8-10-13(4,11-9-6-2)14(7-3)12(15)16/h5-11H2,1-4H3,(H,15,16). The Kier molecular flexibility index (Phi) is 8.47. The van der Waals surface area contributed by atoms with Crippen LogP contribution in [0.5, 0.6) is 0 Å². The van der Waals surface area contributed by atoms with Gasteiger partial charge in [0.1, 0.15) is 4.32 Å². The Labute approximate surface area is 112 Å². The zero-order valence-corrected chi connectivity index (χ0v) is 13.0. The molecule has 0 heterocycles. The summed E-state index contributed by atoms with van der Waals surface area (Å²) in [6.45, 7) is 9.96. The second-order valence-electron chi connectivity index (χ2n) is 4.73. The van der Waals surface area contributed by atoms with Crippen LogP contribution in [0.3, 0.4) is 0 Å². The lowest BCUT2D eigenvalue weighted by molar-refractivity contribution is 0.171. The lowest BCUT2D eigenvalue weighted by atomic mass is 9.87. The van der Waals surface area contributed by atoms with Crippen LogP contribution in [-0.4, -0.2) is 21.3 Å². The fourth-order valence-electron chi connectivity index (χ4n) is 2.26. The predicted molar refractivity (Wildman–Crippen MR) is 81.4 cm³/mol.